The van der Waals surface area contributed by atoms with Gasteiger partial charge >= 0.3 is 0 Å². The van der Waals surface area contributed by atoms with Crippen molar-refractivity contribution in [3.63, 3.8) is 0 Å². The van der Waals surface area contributed by atoms with E-state index in [9.17, 15) is 0 Å². The van der Waals surface area contributed by atoms with Crippen LogP contribution in [0.5, 0.6) is 0 Å². The number of aliphatic hydroxyl groups is 1. The van der Waals surface area contributed by atoms with Gasteiger partial charge in [-0.3, -0.25) is 0 Å². The molecular formula is C8H12O. The molecule has 0 radical (unpaired) electrons. The van der Waals surface area contributed by atoms with E-state index in [1.165, 1.54) is 0 Å². The van der Waals surface area contributed by atoms with Crippen molar-refractivity contribution in [2.75, 3.05) is 0 Å². The molecule has 1 nitrogen and oxygen atoms in total. The molecule has 0 spiro atoms. The van der Waals surface area contributed by atoms with E-state index >= 15 is 0 Å². The average Bonchev–Trinajstić information content (AvgIpc) is 1.87. The first-order chi connectivity index (χ1) is 4.22. The van der Waals surface area contributed by atoms with Gasteiger partial charge in [0.1, 0.15) is 6.10 Å². The summed E-state index contributed by atoms with van der Waals surface area (Å²) in [5.41, 5.74) is 3.37. The molecule has 50 valence electrons. The van der Waals surface area contributed by atoms with Crippen LogP contribution in [-0.2, 0) is 0 Å². The van der Waals surface area contributed by atoms with Crippen molar-refractivity contribution in [2.24, 2.45) is 0 Å². The SMILES string of the molecule is C=C=C(C)C(O)/C=C/C. The van der Waals surface area contributed by atoms with Crippen LogP contribution in [0.1, 0.15) is 13.8 Å². The molecule has 0 aromatic carbocycles. The first kappa shape index (κ1) is 8.22. The van der Waals surface area contributed by atoms with Crippen molar-refractivity contribution in [1.82, 2.24) is 0 Å². The highest BCUT2D eigenvalue weighted by Crippen LogP contribution is 1.98. The van der Waals surface area contributed by atoms with E-state index in [4.69, 9.17) is 5.11 Å². The molecule has 0 heterocycles. The Balaban J connectivity index is 4.04. The highest BCUT2D eigenvalue weighted by atomic mass is 16.3. The Labute approximate surface area is 56.0 Å². The Morgan fingerprint density at radius 1 is 1.78 bits per heavy atom. The maximum absolute atomic E-state index is 9.09. The molecule has 0 aliphatic carbocycles. The number of rotatable bonds is 2. The largest absolute Gasteiger partial charge is 0.384 e. The van der Waals surface area contributed by atoms with Crippen LogP contribution in [0.2, 0.25) is 0 Å². The zero-order chi connectivity index (χ0) is 7.28. The summed E-state index contributed by atoms with van der Waals surface area (Å²) in [5, 5.41) is 9.09. The van der Waals surface area contributed by atoms with Crippen molar-refractivity contribution in [3.05, 3.63) is 30.0 Å². The van der Waals surface area contributed by atoms with Crippen LogP contribution in [0.25, 0.3) is 0 Å². The van der Waals surface area contributed by atoms with Gasteiger partial charge in [0.25, 0.3) is 0 Å². The second-order valence-corrected chi connectivity index (χ2v) is 1.83. The Morgan fingerprint density at radius 2 is 2.33 bits per heavy atom. The summed E-state index contributed by atoms with van der Waals surface area (Å²) in [4.78, 5) is 0. The van der Waals surface area contributed by atoms with E-state index < -0.39 is 6.10 Å². The third-order valence-corrected chi connectivity index (χ3v) is 1.10. The standard InChI is InChI=1S/C8H12O/c1-4-6-8(9)7(3)5-2/h4,6,8-9H,2H2,1,3H3/b6-4+. The molecule has 0 fully saturated rings. The molecule has 0 bridgehead atoms. The Kier molecular flexibility index (Phi) is 3.78. The van der Waals surface area contributed by atoms with Crippen molar-refractivity contribution in [1.29, 1.82) is 0 Å². The zero-order valence-electron chi connectivity index (χ0n) is 5.89. The molecule has 0 saturated heterocycles. The van der Waals surface area contributed by atoms with Crippen molar-refractivity contribution >= 4 is 0 Å². The smallest absolute Gasteiger partial charge is 0.100 e. The average molecular weight is 124 g/mol. The summed E-state index contributed by atoms with van der Waals surface area (Å²) in [6.45, 7) is 7.06. The van der Waals surface area contributed by atoms with Crippen molar-refractivity contribution < 1.29 is 5.11 Å². The molecule has 1 heteroatoms. The van der Waals surface area contributed by atoms with Crippen LogP contribution in [0.15, 0.2) is 30.0 Å². The van der Waals surface area contributed by atoms with Crippen LogP contribution < -0.4 is 0 Å². The van der Waals surface area contributed by atoms with Gasteiger partial charge in [-0.15, -0.1) is 5.73 Å². The summed E-state index contributed by atoms with van der Waals surface area (Å²) in [6.07, 6.45) is 2.98. The lowest BCUT2D eigenvalue weighted by molar-refractivity contribution is 0.259. The molecule has 0 saturated carbocycles. The highest BCUT2D eigenvalue weighted by Gasteiger charge is 1.96. The van der Waals surface area contributed by atoms with E-state index in [2.05, 4.69) is 12.3 Å². The molecule has 1 unspecified atom stereocenters. The highest BCUT2D eigenvalue weighted by molar-refractivity contribution is 5.09. The van der Waals surface area contributed by atoms with Gasteiger partial charge < -0.3 is 5.11 Å². The predicted octanol–water partition coefficient (Wildman–Crippen LogP) is 1.65. The quantitative estimate of drug-likeness (QED) is 0.438. The van der Waals surface area contributed by atoms with Crippen molar-refractivity contribution in [3.8, 4) is 0 Å². The van der Waals surface area contributed by atoms with Crippen LogP contribution in [0.3, 0.4) is 0 Å². The summed E-state index contributed by atoms with van der Waals surface area (Å²) in [5.74, 6) is 0. The van der Waals surface area contributed by atoms with Crippen LogP contribution in [0.4, 0.5) is 0 Å². The second kappa shape index (κ2) is 4.13. The van der Waals surface area contributed by atoms with Gasteiger partial charge in [-0.2, -0.15) is 0 Å². The lowest BCUT2D eigenvalue weighted by Crippen LogP contribution is -2.01. The van der Waals surface area contributed by atoms with Crippen molar-refractivity contribution in [2.45, 2.75) is 20.0 Å². The fraction of sp³-hybridized carbons (Fsp3) is 0.375. The Hall–Kier alpha value is -0.780. The normalized spacial score (nSPS) is 13.2. The van der Waals surface area contributed by atoms with Crippen LogP contribution in [0, 0.1) is 0 Å². The summed E-state index contributed by atoms with van der Waals surface area (Å²) in [7, 11) is 0. The molecule has 0 aliphatic heterocycles. The number of hydrogen-bond donors (Lipinski definition) is 1. The van der Waals surface area contributed by atoms with E-state index in [-0.39, 0.29) is 0 Å². The Bertz CT molecular complexity index is 150. The fourth-order valence-corrected chi connectivity index (χ4v) is 0.431. The molecule has 1 N–H and O–H groups in total. The first-order valence-electron chi connectivity index (χ1n) is 2.89. The third-order valence-electron chi connectivity index (χ3n) is 1.10. The third kappa shape index (κ3) is 2.91. The number of hydrogen-bond acceptors (Lipinski definition) is 1. The molecule has 0 amide bonds. The molecule has 0 aliphatic rings. The zero-order valence-corrected chi connectivity index (χ0v) is 5.89. The van der Waals surface area contributed by atoms with E-state index in [1.807, 2.05) is 6.92 Å². The molecule has 0 rings (SSSR count). The molecule has 1 atom stereocenters. The van der Waals surface area contributed by atoms with Gasteiger partial charge in [0, 0.05) is 5.57 Å². The van der Waals surface area contributed by atoms with Crippen LogP contribution in [-0.4, -0.2) is 11.2 Å². The lowest BCUT2D eigenvalue weighted by Gasteiger charge is -2.00. The monoisotopic (exact) mass is 124 g/mol. The van der Waals surface area contributed by atoms with Gasteiger partial charge in [-0.25, -0.2) is 0 Å². The van der Waals surface area contributed by atoms with Gasteiger partial charge in [0.2, 0.25) is 0 Å². The summed E-state index contributed by atoms with van der Waals surface area (Å²) in [6, 6.07) is 0. The van der Waals surface area contributed by atoms with Crippen LogP contribution >= 0.6 is 0 Å². The number of aliphatic hydroxyl groups excluding tert-OH is 1. The topological polar surface area (TPSA) is 20.2 Å². The molecular weight excluding hydrogens is 112 g/mol. The maximum Gasteiger partial charge on any atom is 0.100 e. The maximum atomic E-state index is 9.09. The minimum atomic E-state index is -0.507. The van der Waals surface area contributed by atoms with Gasteiger partial charge in [-0.1, -0.05) is 18.7 Å². The molecule has 0 aromatic heterocycles. The molecule has 0 aromatic rings. The van der Waals surface area contributed by atoms with E-state index in [1.54, 1.807) is 19.1 Å². The molecule has 9 heavy (non-hydrogen) atoms. The van der Waals surface area contributed by atoms with E-state index in [0.717, 1.165) is 5.57 Å². The fourth-order valence-electron chi connectivity index (χ4n) is 0.431. The minimum Gasteiger partial charge on any atom is -0.384 e. The Morgan fingerprint density at radius 3 is 2.67 bits per heavy atom. The minimum absolute atomic E-state index is 0.507. The predicted molar refractivity (Wildman–Crippen MR) is 39.1 cm³/mol. The first-order valence-corrected chi connectivity index (χ1v) is 2.89. The number of allylic oxidation sites excluding steroid dienone is 1. The summed E-state index contributed by atoms with van der Waals surface area (Å²) < 4.78 is 0. The lowest BCUT2D eigenvalue weighted by atomic mass is 10.2. The second-order valence-electron chi connectivity index (χ2n) is 1.83. The van der Waals surface area contributed by atoms with Gasteiger partial charge in [-0.05, 0) is 13.8 Å². The van der Waals surface area contributed by atoms with Gasteiger partial charge in [0.05, 0.1) is 0 Å². The van der Waals surface area contributed by atoms with E-state index in [0.29, 0.717) is 0 Å². The van der Waals surface area contributed by atoms with Gasteiger partial charge in [0.15, 0.2) is 0 Å². The summed E-state index contributed by atoms with van der Waals surface area (Å²) >= 11 is 0.